The van der Waals surface area contributed by atoms with Gasteiger partial charge in [-0.1, -0.05) is 24.2 Å². The van der Waals surface area contributed by atoms with E-state index < -0.39 is 6.03 Å². The van der Waals surface area contributed by atoms with Crippen LogP contribution in [0.5, 0.6) is 5.88 Å². The number of urea groups is 1. The van der Waals surface area contributed by atoms with Gasteiger partial charge in [0.05, 0.1) is 12.2 Å². The molecule has 2 amide bonds. The number of hydrogen-bond donors (Lipinski definition) is 2. The van der Waals surface area contributed by atoms with Crippen LogP contribution in [0.3, 0.4) is 0 Å². The van der Waals surface area contributed by atoms with Gasteiger partial charge in [-0.05, 0) is 36.2 Å². The second-order valence-electron chi connectivity index (χ2n) is 6.04. The average Bonchev–Trinajstić information content (AvgIpc) is 3.23. The lowest BCUT2D eigenvalue weighted by atomic mass is 10.0. The number of anilines is 1. The van der Waals surface area contributed by atoms with Crippen molar-refractivity contribution in [1.29, 1.82) is 0 Å². The fraction of sp³-hybridized carbons (Fsp3) is 0.333. The molecule has 0 unspecified atom stereocenters. The van der Waals surface area contributed by atoms with E-state index in [2.05, 4.69) is 30.7 Å². The number of aryl methyl sites for hydroxylation is 3. The minimum atomic E-state index is -0.410. The van der Waals surface area contributed by atoms with Gasteiger partial charge >= 0.3 is 6.03 Å². The Kier molecular flexibility index (Phi) is 5.87. The van der Waals surface area contributed by atoms with E-state index in [0.29, 0.717) is 23.8 Å². The highest BCUT2D eigenvalue weighted by Crippen LogP contribution is 2.31. The van der Waals surface area contributed by atoms with Crippen molar-refractivity contribution >= 4 is 11.8 Å². The molecule has 0 aliphatic heterocycles. The van der Waals surface area contributed by atoms with Gasteiger partial charge in [0.15, 0.2) is 0 Å². The van der Waals surface area contributed by atoms with E-state index in [1.165, 1.54) is 12.1 Å². The van der Waals surface area contributed by atoms with E-state index in [9.17, 15) is 9.18 Å². The zero-order valence-electron chi connectivity index (χ0n) is 15.8. The van der Waals surface area contributed by atoms with Gasteiger partial charge in [-0.2, -0.15) is 5.10 Å². The molecule has 28 heavy (non-hydrogen) atoms. The van der Waals surface area contributed by atoms with Gasteiger partial charge in [0.2, 0.25) is 0 Å². The molecule has 1 aromatic carbocycles. The summed E-state index contributed by atoms with van der Waals surface area (Å²) in [4.78, 5) is 12.3. The fourth-order valence-corrected chi connectivity index (χ4v) is 2.71. The van der Waals surface area contributed by atoms with E-state index in [1.807, 2.05) is 6.92 Å². The van der Waals surface area contributed by atoms with E-state index in [-0.39, 0.29) is 19.0 Å². The Bertz CT molecular complexity index is 951. The lowest BCUT2D eigenvalue weighted by Crippen LogP contribution is -2.33. The summed E-state index contributed by atoms with van der Waals surface area (Å²) in [6.07, 6.45) is 0.669. The Hall–Kier alpha value is -3.43. The van der Waals surface area contributed by atoms with Crippen molar-refractivity contribution < 1.29 is 18.6 Å². The molecule has 3 aromatic rings. The monoisotopic (exact) mass is 388 g/mol. The maximum atomic E-state index is 13.3. The molecular formula is C18H21FN6O3. The van der Waals surface area contributed by atoms with Gasteiger partial charge in [-0.15, -0.1) is 0 Å². The van der Waals surface area contributed by atoms with Crippen LogP contribution in [0.2, 0.25) is 0 Å². The SMILES string of the molecule is CCc1nn(C)c(NC(=O)NCCOc2nonc2C)c1-c1ccc(F)cc1. The quantitative estimate of drug-likeness (QED) is 0.603. The van der Waals surface area contributed by atoms with Crippen molar-refractivity contribution in [2.45, 2.75) is 20.3 Å². The van der Waals surface area contributed by atoms with Gasteiger partial charge in [0.1, 0.15) is 23.9 Å². The molecule has 0 saturated carbocycles. The van der Waals surface area contributed by atoms with E-state index >= 15 is 0 Å². The first-order chi connectivity index (χ1) is 13.5. The first kappa shape index (κ1) is 19.3. The van der Waals surface area contributed by atoms with Crippen molar-refractivity contribution in [3.63, 3.8) is 0 Å². The summed E-state index contributed by atoms with van der Waals surface area (Å²) < 4.78 is 24.8. The Labute approximate surface area is 160 Å². The van der Waals surface area contributed by atoms with Crippen molar-refractivity contribution in [2.24, 2.45) is 7.05 Å². The van der Waals surface area contributed by atoms with Crippen LogP contribution >= 0.6 is 0 Å². The predicted octanol–water partition coefficient (Wildman–Crippen LogP) is 2.68. The number of nitrogens with zero attached hydrogens (tertiary/aromatic N) is 4. The standard InChI is InChI=1S/C18H21FN6O3/c1-4-14-15(12-5-7-13(19)8-6-12)16(25(3)22-14)21-18(26)20-9-10-27-17-11(2)23-28-24-17/h5-8H,4,9-10H2,1-3H3,(H2,20,21,26). The van der Waals surface area contributed by atoms with Crippen LogP contribution in [0.25, 0.3) is 11.1 Å². The number of amides is 2. The van der Waals surface area contributed by atoms with E-state index in [1.54, 1.807) is 30.8 Å². The number of hydrogen-bond acceptors (Lipinski definition) is 6. The van der Waals surface area contributed by atoms with E-state index in [0.717, 1.165) is 16.8 Å². The van der Waals surface area contributed by atoms with Crippen LogP contribution in [0.1, 0.15) is 18.3 Å². The minimum absolute atomic E-state index is 0.207. The molecule has 9 nitrogen and oxygen atoms in total. The maximum Gasteiger partial charge on any atom is 0.320 e. The van der Waals surface area contributed by atoms with E-state index in [4.69, 9.17) is 4.74 Å². The summed E-state index contributed by atoms with van der Waals surface area (Å²) in [6.45, 7) is 4.13. The summed E-state index contributed by atoms with van der Waals surface area (Å²) in [5.41, 5.74) is 2.89. The van der Waals surface area contributed by atoms with Crippen LogP contribution in [0.4, 0.5) is 15.0 Å². The summed E-state index contributed by atoms with van der Waals surface area (Å²) in [7, 11) is 1.74. The van der Waals surface area contributed by atoms with Crippen LogP contribution in [0.15, 0.2) is 28.9 Å². The van der Waals surface area contributed by atoms with Gasteiger partial charge in [0, 0.05) is 12.6 Å². The number of aromatic nitrogens is 4. The number of carbonyl (C=O) groups is 1. The molecule has 2 aromatic heterocycles. The van der Waals surface area contributed by atoms with Crippen molar-refractivity contribution in [1.82, 2.24) is 25.4 Å². The first-order valence-corrected chi connectivity index (χ1v) is 8.78. The summed E-state index contributed by atoms with van der Waals surface area (Å²) >= 11 is 0. The highest BCUT2D eigenvalue weighted by Gasteiger charge is 2.19. The van der Waals surface area contributed by atoms with Crippen molar-refractivity contribution in [2.75, 3.05) is 18.5 Å². The highest BCUT2D eigenvalue weighted by molar-refractivity contribution is 5.93. The number of nitrogens with one attached hydrogen (secondary N) is 2. The third kappa shape index (κ3) is 4.27. The largest absolute Gasteiger partial charge is 0.472 e. The zero-order chi connectivity index (χ0) is 20.1. The minimum Gasteiger partial charge on any atom is -0.472 e. The Morgan fingerprint density at radius 1 is 1.29 bits per heavy atom. The molecule has 3 rings (SSSR count). The Morgan fingerprint density at radius 3 is 2.68 bits per heavy atom. The molecule has 0 aliphatic rings. The zero-order valence-corrected chi connectivity index (χ0v) is 15.8. The Morgan fingerprint density at radius 2 is 2.04 bits per heavy atom. The van der Waals surface area contributed by atoms with Gasteiger partial charge < -0.3 is 10.1 Å². The lowest BCUT2D eigenvalue weighted by Gasteiger charge is -2.11. The highest BCUT2D eigenvalue weighted by atomic mass is 19.1. The normalized spacial score (nSPS) is 10.7. The van der Waals surface area contributed by atoms with Crippen molar-refractivity contribution in [3.05, 3.63) is 41.5 Å². The number of benzene rings is 1. The number of ether oxygens (including phenoxy) is 1. The smallest absolute Gasteiger partial charge is 0.320 e. The molecule has 0 aliphatic carbocycles. The van der Waals surface area contributed by atoms with Crippen LogP contribution in [-0.4, -0.2) is 39.3 Å². The number of carbonyl (C=O) groups excluding carboxylic acids is 1. The molecular weight excluding hydrogens is 367 g/mol. The molecule has 0 atom stereocenters. The second-order valence-corrected chi connectivity index (χ2v) is 6.04. The molecule has 148 valence electrons. The molecule has 0 fully saturated rings. The summed E-state index contributed by atoms with van der Waals surface area (Å²) in [6, 6.07) is 5.67. The van der Waals surface area contributed by atoms with Crippen molar-refractivity contribution in [3.8, 4) is 17.0 Å². The fourth-order valence-electron chi connectivity index (χ4n) is 2.71. The Balaban J connectivity index is 1.66. The molecule has 0 spiro atoms. The molecule has 0 saturated heterocycles. The molecule has 10 heteroatoms. The topological polar surface area (TPSA) is 107 Å². The molecule has 2 heterocycles. The number of halogens is 1. The summed E-state index contributed by atoms with van der Waals surface area (Å²) in [5.74, 6) is 0.494. The van der Waals surface area contributed by atoms with Gasteiger partial charge in [-0.25, -0.2) is 13.8 Å². The molecule has 2 N–H and O–H groups in total. The van der Waals surface area contributed by atoms with Crippen LogP contribution in [-0.2, 0) is 13.5 Å². The third-order valence-corrected chi connectivity index (χ3v) is 4.06. The van der Waals surface area contributed by atoms with Gasteiger partial charge in [0.25, 0.3) is 5.88 Å². The lowest BCUT2D eigenvalue weighted by molar-refractivity contribution is 0.240. The molecule has 0 bridgehead atoms. The van der Waals surface area contributed by atoms with Gasteiger partial charge in [-0.3, -0.25) is 10.00 Å². The predicted molar refractivity (Wildman–Crippen MR) is 99.5 cm³/mol. The van der Waals surface area contributed by atoms with Crippen LogP contribution < -0.4 is 15.4 Å². The molecule has 0 radical (unpaired) electrons. The maximum absolute atomic E-state index is 13.3. The second kappa shape index (κ2) is 8.51. The first-order valence-electron chi connectivity index (χ1n) is 8.78. The number of rotatable bonds is 7. The summed E-state index contributed by atoms with van der Waals surface area (Å²) in [5, 5.41) is 17.2. The third-order valence-electron chi connectivity index (χ3n) is 4.06. The van der Waals surface area contributed by atoms with Crippen LogP contribution in [0, 0.1) is 12.7 Å². The average molecular weight is 388 g/mol.